The summed E-state index contributed by atoms with van der Waals surface area (Å²) in [6.07, 6.45) is 2.42. The van der Waals surface area contributed by atoms with Gasteiger partial charge in [-0.1, -0.05) is 23.2 Å². The van der Waals surface area contributed by atoms with Crippen LogP contribution in [0.1, 0.15) is 11.3 Å². The first-order chi connectivity index (χ1) is 15.7. The Morgan fingerprint density at radius 2 is 1.94 bits per heavy atom. The van der Waals surface area contributed by atoms with Crippen molar-refractivity contribution in [3.63, 3.8) is 0 Å². The summed E-state index contributed by atoms with van der Waals surface area (Å²) in [5, 5.41) is 18.0. The molecule has 3 aromatic rings. The van der Waals surface area contributed by atoms with Gasteiger partial charge in [-0.3, -0.25) is 14.9 Å². The Bertz CT molecular complexity index is 1260. The molecular formula is C21H15Cl2FN4O5. The summed E-state index contributed by atoms with van der Waals surface area (Å²) in [7, 11) is 0. The lowest BCUT2D eigenvalue weighted by Crippen LogP contribution is -2.20. The molecule has 0 aliphatic carbocycles. The third-order valence-electron chi connectivity index (χ3n) is 4.28. The Morgan fingerprint density at radius 3 is 2.61 bits per heavy atom. The zero-order chi connectivity index (χ0) is 24.1. The van der Waals surface area contributed by atoms with Gasteiger partial charge in [-0.05, 0) is 49.4 Å². The summed E-state index contributed by atoms with van der Waals surface area (Å²) in [6.45, 7) is 0.983. The highest BCUT2D eigenvalue weighted by atomic mass is 35.5. The van der Waals surface area contributed by atoms with Crippen LogP contribution in [0.4, 0.5) is 15.8 Å². The SMILES string of the molecule is Cc1nn(-c2ccc(F)cc2)c(Cl)c1C=CC(=O)OCC(=O)Nc1cc(Cl)ccc1[N+](=O)[O-]. The fourth-order valence-corrected chi connectivity index (χ4v) is 3.25. The van der Waals surface area contributed by atoms with Gasteiger partial charge in [0.25, 0.3) is 11.6 Å². The zero-order valence-electron chi connectivity index (χ0n) is 16.9. The van der Waals surface area contributed by atoms with Crippen LogP contribution in [-0.4, -0.2) is 33.2 Å². The van der Waals surface area contributed by atoms with Crippen molar-refractivity contribution in [2.75, 3.05) is 11.9 Å². The number of carbonyl (C=O) groups is 2. The fourth-order valence-electron chi connectivity index (χ4n) is 2.74. The van der Waals surface area contributed by atoms with Crippen molar-refractivity contribution in [2.24, 2.45) is 0 Å². The molecule has 0 saturated carbocycles. The molecule has 0 bridgehead atoms. The van der Waals surface area contributed by atoms with Gasteiger partial charge in [0.2, 0.25) is 0 Å². The number of nitrogens with zero attached hydrogens (tertiary/aromatic N) is 3. The van der Waals surface area contributed by atoms with E-state index >= 15 is 0 Å². The summed E-state index contributed by atoms with van der Waals surface area (Å²) >= 11 is 12.1. The smallest absolute Gasteiger partial charge is 0.331 e. The maximum absolute atomic E-state index is 13.1. The third-order valence-corrected chi connectivity index (χ3v) is 4.88. The van der Waals surface area contributed by atoms with Crippen molar-refractivity contribution in [1.29, 1.82) is 0 Å². The number of benzene rings is 2. The van der Waals surface area contributed by atoms with Gasteiger partial charge in [0.1, 0.15) is 16.7 Å². The highest BCUT2D eigenvalue weighted by Gasteiger charge is 2.17. The molecule has 0 spiro atoms. The van der Waals surface area contributed by atoms with Gasteiger partial charge in [-0.2, -0.15) is 5.10 Å². The van der Waals surface area contributed by atoms with Crippen LogP contribution in [0.3, 0.4) is 0 Å². The molecule has 1 amide bonds. The van der Waals surface area contributed by atoms with Gasteiger partial charge < -0.3 is 10.1 Å². The van der Waals surface area contributed by atoms with E-state index in [0.29, 0.717) is 16.9 Å². The number of aromatic nitrogens is 2. The van der Waals surface area contributed by atoms with E-state index in [2.05, 4.69) is 10.4 Å². The third kappa shape index (κ3) is 5.93. The molecule has 1 aromatic heterocycles. The molecule has 9 nitrogen and oxygen atoms in total. The number of amides is 1. The molecule has 12 heteroatoms. The molecule has 170 valence electrons. The van der Waals surface area contributed by atoms with Gasteiger partial charge in [0, 0.05) is 22.7 Å². The van der Waals surface area contributed by atoms with Crippen LogP contribution in [-0.2, 0) is 14.3 Å². The van der Waals surface area contributed by atoms with E-state index in [1.165, 1.54) is 47.2 Å². The summed E-state index contributed by atoms with van der Waals surface area (Å²) in [5.41, 5.74) is 0.969. The van der Waals surface area contributed by atoms with E-state index in [4.69, 9.17) is 27.9 Å². The molecule has 33 heavy (non-hydrogen) atoms. The first kappa shape index (κ1) is 23.9. The minimum absolute atomic E-state index is 0.125. The van der Waals surface area contributed by atoms with Gasteiger partial charge >= 0.3 is 5.97 Å². The largest absolute Gasteiger partial charge is 0.452 e. The standard InChI is InChI=1S/C21H15Cl2FN4O5/c1-12-16(21(23)27(26-12)15-5-3-14(24)4-6-15)7-9-20(30)33-11-19(29)25-17-10-13(22)2-8-18(17)28(31)32/h2-10H,11H2,1H3,(H,25,29). The number of carbonyl (C=O) groups excluding carboxylic acids is 2. The Labute approximate surface area is 196 Å². The van der Waals surface area contributed by atoms with E-state index in [0.717, 1.165) is 12.1 Å². The average Bonchev–Trinajstić information content (AvgIpc) is 3.04. The number of halogens is 3. The van der Waals surface area contributed by atoms with Crippen LogP contribution < -0.4 is 5.32 Å². The molecular weight excluding hydrogens is 478 g/mol. The summed E-state index contributed by atoms with van der Waals surface area (Å²) < 4.78 is 19.4. The Kier molecular flexibility index (Phi) is 7.41. The lowest BCUT2D eigenvalue weighted by atomic mass is 10.2. The van der Waals surface area contributed by atoms with Crippen molar-refractivity contribution in [3.8, 4) is 5.69 Å². The Hall–Kier alpha value is -3.76. The molecule has 0 fully saturated rings. The monoisotopic (exact) mass is 492 g/mol. The second-order valence-corrected chi connectivity index (χ2v) is 7.38. The van der Waals surface area contributed by atoms with Crippen molar-refractivity contribution in [2.45, 2.75) is 6.92 Å². The zero-order valence-corrected chi connectivity index (χ0v) is 18.4. The molecule has 0 radical (unpaired) electrons. The predicted molar refractivity (Wildman–Crippen MR) is 120 cm³/mol. The second-order valence-electron chi connectivity index (χ2n) is 6.59. The number of esters is 1. The van der Waals surface area contributed by atoms with E-state index in [1.807, 2.05) is 0 Å². The lowest BCUT2D eigenvalue weighted by molar-refractivity contribution is -0.383. The van der Waals surface area contributed by atoms with Gasteiger partial charge in [-0.25, -0.2) is 13.9 Å². The average molecular weight is 493 g/mol. The molecule has 3 rings (SSSR count). The Morgan fingerprint density at radius 1 is 1.24 bits per heavy atom. The number of hydrogen-bond donors (Lipinski definition) is 1. The van der Waals surface area contributed by atoms with Crippen LogP contribution in [0.25, 0.3) is 11.8 Å². The van der Waals surface area contributed by atoms with E-state index < -0.39 is 29.2 Å². The number of nitrogens with one attached hydrogen (secondary N) is 1. The summed E-state index contributed by atoms with van der Waals surface area (Å²) in [4.78, 5) is 34.4. The van der Waals surface area contributed by atoms with E-state index in [1.54, 1.807) is 6.92 Å². The van der Waals surface area contributed by atoms with Crippen LogP contribution in [0.2, 0.25) is 10.2 Å². The van der Waals surface area contributed by atoms with Crippen molar-refractivity contribution in [3.05, 3.63) is 85.9 Å². The molecule has 2 aromatic carbocycles. The van der Waals surface area contributed by atoms with Crippen LogP contribution >= 0.6 is 23.2 Å². The number of anilines is 1. The highest BCUT2D eigenvalue weighted by Crippen LogP contribution is 2.28. The topological polar surface area (TPSA) is 116 Å². The molecule has 0 aliphatic rings. The van der Waals surface area contributed by atoms with Crippen LogP contribution in [0.5, 0.6) is 0 Å². The molecule has 0 aliphatic heterocycles. The molecule has 1 heterocycles. The minimum atomic E-state index is -0.851. The van der Waals surface area contributed by atoms with Gasteiger partial charge in [0.05, 0.1) is 16.3 Å². The number of hydrogen-bond acceptors (Lipinski definition) is 6. The lowest BCUT2D eigenvalue weighted by Gasteiger charge is -2.06. The Balaban J connectivity index is 1.63. The first-order valence-corrected chi connectivity index (χ1v) is 10.0. The van der Waals surface area contributed by atoms with Crippen molar-refractivity contribution < 1.29 is 23.6 Å². The molecule has 0 atom stereocenters. The molecule has 0 unspecified atom stereocenters. The number of aryl methyl sites for hydroxylation is 1. The summed E-state index contributed by atoms with van der Waals surface area (Å²) in [6, 6.07) is 9.19. The quantitative estimate of drug-likeness (QED) is 0.220. The number of ether oxygens (including phenoxy) is 1. The number of rotatable bonds is 7. The molecule has 0 saturated heterocycles. The van der Waals surface area contributed by atoms with Gasteiger partial charge in [0.15, 0.2) is 6.61 Å². The van der Waals surface area contributed by atoms with E-state index in [9.17, 15) is 24.1 Å². The highest BCUT2D eigenvalue weighted by molar-refractivity contribution is 6.31. The number of nitro benzene ring substituents is 1. The van der Waals surface area contributed by atoms with Crippen molar-refractivity contribution in [1.82, 2.24) is 9.78 Å². The normalized spacial score (nSPS) is 10.9. The second kappa shape index (κ2) is 10.2. The fraction of sp³-hybridized carbons (Fsp3) is 0.0952. The van der Waals surface area contributed by atoms with E-state index in [-0.39, 0.29) is 21.6 Å². The van der Waals surface area contributed by atoms with Crippen LogP contribution in [0, 0.1) is 22.9 Å². The first-order valence-electron chi connectivity index (χ1n) is 9.25. The minimum Gasteiger partial charge on any atom is -0.452 e. The predicted octanol–water partition coefficient (Wildman–Crippen LogP) is 4.73. The number of nitro groups is 1. The van der Waals surface area contributed by atoms with Crippen molar-refractivity contribution >= 4 is 52.5 Å². The summed E-state index contributed by atoms with van der Waals surface area (Å²) in [5.74, 6) is -2.05. The maximum atomic E-state index is 13.1. The van der Waals surface area contributed by atoms with Crippen LogP contribution in [0.15, 0.2) is 48.5 Å². The van der Waals surface area contributed by atoms with Gasteiger partial charge in [-0.15, -0.1) is 0 Å². The molecule has 1 N–H and O–H groups in total. The maximum Gasteiger partial charge on any atom is 0.331 e.